The SMILES string of the molecule is Cc1ccc(S(=O)(=O)N[C@H](C)c2ccc(OCc3cccnc3)cc2)cc1. The Morgan fingerprint density at radius 1 is 1.04 bits per heavy atom. The Hall–Kier alpha value is -2.70. The van der Waals surface area contributed by atoms with Crippen molar-refractivity contribution in [3.63, 3.8) is 0 Å². The number of nitrogens with zero attached hydrogens (tertiary/aromatic N) is 1. The molecule has 5 nitrogen and oxygen atoms in total. The van der Waals surface area contributed by atoms with Gasteiger partial charge >= 0.3 is 0 Å². The van der Waals surface area contributed by atoms with Crippen LogP contribution in [0, 0.1) is 6.92 Å². The Kier molecular flexibility index (Phi) is 5.88. The molecule has 3 rings (SSSR count). The Bertz CT molecular complexity index is 970. The molecule has 0 aliphatic carbocycles. The third kappa shape index (κ3) is 5.15. The van der Waals surface area contributed by atoms with Crippen LogP contribution in [0.3, 0.4) is 0 Å². The van der Waals surface area contributed by atoms with Crippen molar-refractivity contribution in [2.24, 2.45) is 0 Å². The van der Waals surface area contributed by atoms with Crippen LogP contribution in [0.2, 0.25) is 0 Å². The van der Waals surface area contributed by atoms with Crippen LogP contribution in [0.4, 0.5) is 0 Å². The minimum atomic E-state index is -3.57. The first-order chi connectivity index (χ1) is 12.9. The summed E-state index contributed by atoms with van der Waals surface area (Å²) in [6.45, 7) is 4.17. The van der Waals surface area contributed by atoms with Gasteiger partial charge in [-0.2, -0.15) is 0 Å². The van der Waals surface area contributed by atoms with Gasteiger partial charge in [0, 0.05) is 24.0 Å². The Morgan fingerprint density at radius 2 is 1.74 bits per heavy atom. The Balaban J connectivity index is 1.63. The summed E-state index contributed by atoms with van der Waals surface area (Å²) < 4.78 is 33.5. The molecule has 1 heterocycles. The summed E-state index contributed by atoms with van der Waals surface area (Å²) in [4.78, 5) is 4.31. The number of sulfonamides is 1. The fraction of sp³-hybridized carbons (Fsp3) is 0.190. The van der Waals surface area contributed by atoms with Crippen LogP contribution in [-0.2, 0) is 16.6 Å². The molecule has 1 atom stereocenters. The maximum absolute atomic E-state index is 12.5. The van der Waals surface area contributed by atoms with Gasteiger partial charge in [-0.3, -0.25) is 4.98 Å². The van der Waals surface area contributed by atoms with E-state index in [-0.39, 0.29) is 10.9 Å². The van der Waals surface area contributed by atoms with Gasteiger partial charge < -0.3 is 4.74 Å². The first-order valence-electron chi connectivity index (χ1n) is 8.65. The largest absolute Gasteiger partial charge is 0.489 e. The molecule has 0 fully saturated rings. The number of nitrogens with one attached hydrogen (secondary N) is 1. The van der Waals surface area contributed by atoms with E-state index in [1.807, 2.05) is 50.2 Å². The van der Waals surface area contributed by atoms with E-state index < -0.39 is 10.0 Å². The number of aromatic nitrogens is 1. The quantitative estimate of drug-likeness (QED) is 0.670. The topological polar surface area (TPSA) is 68.3 Å². The second-order valence-electron chi connectivity index (χ2n) is 6.38. The number of ether oxygens (including phenoxy) is 1. The average Bonchev–Trinajstić information content (AvgIpc) is 2.67. The first kappa shape index (κ1) is 19.1. The van der Waals surface area contributed by atoms with E-state index in [9.17, 15) is 8.42 Å². The van der Waals surface area contributed by atoms with Gasteiger partial charge in [0.25, 0.3) is 0 Å². The maximum Gasteiger partial charge on any atom is 0.241 e. The van der Waals surface area contributed by atoms with E-state index in [4.69, 9.17) is 4.74 Å². The second-order valence-corrected chi connectivity index (χ2v) is 8.09. The van der Waals surface area contributed by atoms with Gasteiger partial charge in [-0.05, 0) is 49.7 Å². The van der Waals surface area contributed by atoms with Crippen molar-refractivity contribution in [2.45, 2.75) is 31.4 Å². The van der Waals surface area contributed by atoms with Crippen molar-refractivity contribution in [3.8, 4) is 5.75 Å². The van der Waals surface area contributed by atoms with Crippen molar-refractivity contribution in [1.82, 2.24) is 9.71 Å². The number of hydrogen-bond acceptors (Lipinski definition) is 4. The molecule has 27 heavy (non-hydrogen) atoms. The molecule has 1 aromatic heterocycles. The second kappa shape index (κ2) is 8.33. The summed E-state index contributed by atoms with van der Waals surface area (Å²) in [5, 5.41) is 0. The molecule has 2 aromatic carbocycles. The number of benzene rings is 2. The standard InChI is InChI=1S/C21H22N2O3S/c1-16-5-11-21(12-6-16)27(24,25)23-17(2)19-7-9-20(10-8-19)26-15-18-4-3-13-22-14-18/h3-14,17,23H,15H2,1-2H3/t17-/m1/s1. The molecule has 1 N–H and O–H groups in total. The van der Waals surface area contributed by atoms with Gasteiger partial charge in [-0.25, -0.2) is 13.1 Å². The van der Waals surface area contributed by atoms with Crippen LogP contribution in [0.5, 0.6) is 5.75 Å². The number of aryl methyl sites for hydroxylation is 1. The zero-order valence-electron chi connectivity index (χ0n) is 15.3. The van der Waals surface area contributed by atoms with Crippen LogP contribution >= 0.6 is 0 Å². The molecular weight excluding hydrogens is 360 g/mol. The van der Waals surface area contributed by atoms with Gasteiger partial charge in [0.1, 0.15) is 12.4 Å². The van der Waals surface area contributed by atoms with E-state index in [1.54, 1.807) is 36.7 Å². The highest BCUT2D eigenvalue weighted by atomic mass is 32.2. The zero-order valence-corrected chi connectivity index (χ0v) is 16.1. The summed E-state index contributed by atoms with van der Waals surface area (Å²) in [5.74, 6) is 0.719. The summed E-state index contributed by atoms with van der Waals surface area (Å²) in [6.07, 6.45) is 3.48. The van der Waals surface area contributed by atoms with Gasteiger partial charge in [-0.1, -0.05) is 35.9 Å². The highest BCUT2D eigenvalue weighted by Gasteiger charge is 2.18. The first-order valence-corrected chi connectivity index (χ1v) is 10.1. The van der Waals surface area contributed by atoms with E-state index >= 15 is 0 Å². The van der Waals surface area contributed by atoms with E-state index in [1.165, 1.54) is 0 Å². The van der Waals surface area contributed by atoms with Gasteiger partial charge in [-0.15, -0.1) is 0 Å². The zero-order chi connectivity index (χ0) is 19.3. The fourth-order valence-corrected chi connectivity index (χ4v) is 3.82. The van der Waals surface area contributed by atoms with Crippen LogP contribution in [0.25, 0.3) is 0 Å². The molecule has 0 spiro atoms. The van der Waals surface area contributed by atoms with E-state index in [2.05, 4.69) is 9.71 Å². The minimum Gasteiger partial charge on any atom is -0.489 e. The van der Waals surface area contributed by atoms with Crippen molar-refractivity contribution < 1.29 is 13.2 Å². The molecule has 140 valence electrons. The number of rotatable bonds is 7. The Morgan fingerprint density at radius 3 is 2.37 bits per heavy atom. The van der Waals surface area contributed by atoms with Crippen molar-refractivity contribution in [3.05, 3.63) is 89.7 Å². The van der Waals surface area contributed by atoms with E-state index in [0.717, 1.165) is 22.4 Å². The van der Waals surface area contributed by atoms with Crippen LogP contribution in [0.1, 0.15) is 29.7 Å². The lowest BCUT2D eigenvalue weighted by atomic mass is 10.1. The monoisotopic (exact) mass is 382 g/mol. The molecule has 0 unspecified atom stereocenters. The lowest BCUT2D eigenvalue weighted by molar-refractivity contribution is 0.305. The molecule has 6 heteroatoms. The predicted octanol–water partition coefficient (Wildman–Crippen LogP) is 4.01. The third-order valence-electron chi connectivity index (χ3n) is 4.17. The molecular formula is C21H22N2O3S. The van der Waals surface area contributed by atoms with Crippen molar-refractivity contribution in [1.29, 1.82) is 0 Å². The van der Waals surface area contributed by atoms with Gasteiger partial charge in [0.2, 0.25) is 10.0 Å². The minimum absolute atomic E-state index is 0.261. The summed E-state index contributed by atoms with van der Waals surface area (Å²) in [5.41, 5.74) is 2.86. The molecule has 0 amide bonds. The van der Waals surface area contributed by atoms with Gasteiger partial charge in [0.05, 0.1) is 4.90 Å². The van der Waals surface area contributed by atoms with Crippen LogP contribution in [-0.4, -0.2) is 13.4 Å². The molecule has 0 bridgehead atoms. The molecule has 0 saturated heterocycles. The fourth-order valence-electron chi connectivity index (χ4n) is 2.59. The maximum atomic E-state index is 12.5. The lowest BCUT2D eigenvalue weighted by Gasteiger charge is -2.15. The Labute approximate surface area is 160 Å². The number of hydrogen-bond donors (Lipinski definition) is 1. The predicted molar refractivity (Wildman–Crippen MR) is 105 cm³/mol. The lowest BCUT2D eigenvalue weighted by Crippen LogP contribution is -2.26. The summed E-state index contributed by atoms with van der Waals surface area (Å²) >= 11 is 0. The molecule has 0 aliphatic heterocycles. The molecule has 3 aromatic rings. The van der Waals surface area contributed by atoms with Crippen molar-refractivity contribution >= 4 is 10.0 Å². The number of pyridine rings is 1. The average molecular weight is 382 g/mol. The molecule has 0 radical (unpaired) electrons. The van der Waals surface area contributed by atoms with Crippen LogP contribution < -0.4 is 9.46 Å². The highest BCUT2D eigenvalue weighted by Crippen LogP contribution is 2.21. The van der Waals surface area contributed by atoms with Gasteiger partial charge in [0.15, 0.2) is 0 Å². The molecule has 0 aliphatic rings. The van der Waals surface area contributed by atoms with Crippen molar-refractivity contribution in [2.75, 3.05) is 0 Å². The summed E-state index contributed by atoms with van der Waals surface area (Å²) in [7, 11) is -3.57. The molecule has 0 saturated carbocycles. The summed E-state index contributed by atoms with van der Waals surface area (Å²) in [6, 6.07) is 17.6. The smallest absolute Gasteiger partial charge is 0.241 e. The third-order valence-corrected chi connectivity index (χ3v) is 5.73. The highest BCUT2D eigenvalue weighted by molar-refractivity contribution is 7.89. The van der Waals surface area contributed by atoms with Crippen LogP contribution in [0.15, 0.2) is 78.0 Å². The van der Waals surface area contributed by atoms with E-state index in [0.29, 0.717) is 6.61 Å². The normalized spacial score (nSPS) is 12.5.